The van der Waals surface area contributed by atoms with E-state index in [0.717, 1.165) is 17.1 Å². The third-order valence-electron chi connectivity index (χ3n) is 3.80. The van der Waals surface area contributed by atoms with Crippen LogP contribution in [0.25, 0.3) is 10.2 Å². The monoisotopic (exact) mass is 291 g/mol. The van der Waals surface area contributed by atoms with Crippen LogP contribution in [0, 0.1) is 0 Å². The average Bonchev–Trinajstić information content (AvgIpc) is 2.63. The molecule has 0 amide bonds. The van der Waals surface area contributed by atoms with Crippen LogP contribution in [0.3, 0.4) is 0 Å². The first kappa shape index (κ1) is 13.8. The number of hydrogen-bond donors (Lipinski definition) is 1. The smallest absolute Gasteiger partial charge is 0.138 e. The van der Waals surface area contributed by atoms with Crippen molar-refractivity contribution in [3.63, 3.8) is 0 Å². The molecule has 3 rings (SSSR count). The second-order valence-electron chi connectivity index (χ2n) is 5.47. The topological polar surface area (TPSA) is 47.0 Å². The maximum atomic E-state index is 5.20. The fourth-order valence-corrected chi connectivity index (χ4v) is 4.13. The molecule has 0 saturated heterocycles. The van der Waals surface area contributed by atoms with E-state index in [1.54, 1.807) is 13.4 Å². The number of rotatable bonds is 4. The Morgan fingerprint density at radius 3 is 3.00 bits per heavy atom. The molecule has 0 aliphatic heterocycles. The second kappa shape index (κ2) is 6.06. The minimum absolute atomic E-state index is 0.249. The quantitative estimate of drug-likeness (QED) is 0.877. The summed E-state index contributed by atoms with van der Waals surface area (Å²) in [5.41, 5.74) is 1.48. The Morgan fingerprint density at radius 2 is 2.15 bits per heavy atom. The number of anilines is 1. The van der Waals surface area contributed by atoms with Crippen molar-refractivity contribution >= 4 is 27.4 Å². The molecule has 1 N–H and O–H groups in total. The summed E-state index contributed by atoms with van der Waals surface area (Å²) >= 11 is 1.85. The van der Waals surface area contributed by atoms with Crippen LogP contribution >= 0.6 is 11.3 Å². The van der Waals surface area contributed by atoms with Gasteiger partial charge < -0.3 is 10.1 Å². The number of methoxy groups -OCH3 is 1. The Balaban J connectivity index is 2.01. The van der Waals surface area contributed by atoms with Crippen LogP contribution in [0.1, 0.15) is 36.6 Å². The highest BCUT2D eigenvalue weighted by Crippen LogP contribution is 2.37. The van der Waals surface area contributed by atoms with Crippen molar-refractivity contribution < 1.29 is 4.74 Å². The molecule has 1 aliphatic rings. The molecule has 1 atom stereocenters. The molecule has 4 nitrogen and oxygen atoms in total. The fourth-order valence-electron chi connectivity index (χ4n) is 2.90. The van der Waals surface area contributed by atoms with E-state index in [1.165, 1.54) is 41.5 Å². The highest BCUT2D eigenvalue weighted by molar-refractivity contribution is 7.18. The Labute approximate surface area is 123 Å². The van der Waals surface area contributed by atoms with Crippen molar-refractivity contribution in [3.8, 4) is 0 Å². The third kappa shape index (κ3) is 2.65. The lowest BCUT2D eigenvalue weighted by molar-refractivity contribution is 0.190. The summed E-state index contributed by atoms with van der Waals surface area (Å²) in [6.07, 6.45) is 7.94. The lowest BCUT2D eigenvalue weighted by Crippen LogP contribution is -2.21. The van der Waals surface area contributed by atoms with Gasteiger partial charge in [0.15, 0.2) is 0 Å². The van der Waals surface area contributed by atoms with Gasteiger partial charge in [-0.2, -0.15) is 0 Å². The van der Waals surface area contributed by atoms with Gasteiger partial charge in [0.05, 0.1) is 12.0 Å². The maximum Gasteiger partial charge on any atom is 0.138 e. The summed E-state index contributed by atoms with van der Waals surface area (Å²) in [5, 5.41) is 4.72. The number of fused-ring (bicyclic) bond motifs is 3. The van der Waals surface area contributed by atoms with Crippen molar-refractivity contribution in [2.45, 2.75) is 45.1 Å². The fraction of sp³-hybridized carbons (Fsp3) is 0.600. The summed E-state index contributed by atoms with van der Waals surface area (Å²) in [7, 11) is 1.73. The van der Waals surface area contributed by atoms with Gasteiger partial charge in [-0.3, -0.25) is 0 Å². The van der Waals surface area contributed by atoms with Crippen LogP contribution < -0.4 is 5.32 Å². The molecule has 0 aromatic carbocycles. The number of thiophene rings is 1. The van der Waals surface area contributed by atoms with E-state index in [1.807, 2.05) is 11.3 Å². The van der Waals surface area contributed by atoms with Gasteiger partial charge in [0.25, 0.3) is 0 Å². The Bertz CT molecular complexity index is 596. The lowest BCUT2D eigenvalue weighted by Gasteiger charge is -2.14. The number of nitrogens with one attached hydrogen (secondary N) is 1. The molecule has 0 fully saturated rings. The van der Waals surface area contributed by atoms with Crippen molar-refractivity contribution in [1.82, 2.24) is 9.97 Å². The van der Waals surface area contributed by atoms with Crippen molar-refractivity contribution in [2.75, 3.05) is 19.0 Å². The van der Waals surface area contributed by atoms with Crippen LogP contribution in [0.5, 0.6) is 0 Å². The standard InChI is InChI=1S/C15H21N3OS/c1-10(8-19-2)18-14-13-11-6-4-3-5-7-12(11)20-15(13)17-9-16-14/h9-10H,3-8H2,1-2H3,(H,16,17,18)/t10-/m1/s1. The van der Waals surface area contributed by atoms with Crippen LogP contribution in [-0.2, 0) is 17.6 Å². The second-order valence-corrected chi connectivity index (χ2v) is 6.55. The first-order chi connectivity index (χ1) is 9.79. The molecule has 0 radical (unpaired) electrons. The Hall–Kier alpha value is -1.20. The molecule has 2 heterocycles. The van der Waals surface area contributed by atoms with Crippen LogP contribution in [0.2, 0.25) is 0 Å². The molecule has 0 bridgehead atoms. The van der Waals surface area contributed by atoms with E-state index >= 15 is 0 Å². The summed E-state index contributed by atoms with van der Waals surface area (Å²) in [6.45, 7) is 2.79. The minimum Gasteiger partial charge on any atom is -0.383 e. The van der Waals surface area contributed by atoms with Gasteiger partial charge in [0.1, 0.15) is 17.0 Å². The summed E-state index contributed by atoms with van der Waals surface area (Å²) in [6, 6.07) is 0.249. The van der Waals surface area contributed by atoms with Crippen molar-refractivity contribution in [2.24, 2.45) is 0 Å². The van der Waals surface area contributed by atoms with E-state index < -0.39 is 0 Å². The van der Waals surface area contributed by atoms with Gasteiger partial charge in [-0.25, -0.2) is 9.97 Å². The molecule has 2 aromatic heterocycles. The van der Waals surface area contributed by atoms with Crippen LogP contribution in [0.4, 0.5) is 5.82 Å². The SMILES string of the molecule is COC[C@@H](C)Nc1ncnc2sc3c(c12)CCCCC3. The number of ether oxygens (including phenoxy) is 1. The van der Waals surface area contributed by atoms with Gasteiger partial charge in [0.2, 0.25) is 0 Å². The lowest BCUT2D eigenvalue weighted by atomic mass is 10.1. The molecular formula is C15H21N3OS. The van der Waals surface area contributed by atoms with Crippen LogP contribution in [-0.4, -0.2) is 29.7 Å². The molecule has 20 heavy (non-hydrogen) atoms. The minimum atomic E-state index is 0.249. The third-order valence-corrected chi connectivity index (χ3v) is 5.00. The average molecular weight is 291 g/mol. The highest BCUT2D eigenvalue weighted by atomic mass is 32.1. The zero-order valence-corrected chi connectivity index (χ0v) is 12.9. The van der Waals surface area contributed by atoms with E-state index in [2.05, 4.69) is 22.2 Å². The number of nitrogens with zero attached hydrogens (tertiary/aromatic N) is 2. The van der Waals surface area contributed by atoms with E-state index in [-0.39, 0.29) is 6.04 Å². The molecule has 1 aliphatic carbocycles. The summed E-state index contributed by atoms with van der Waals surface area (Å²) < 4.78 is 5.20. The summed E-state index contributed by atoms with van der Waals surface area (Å²) in [4.78, 5) is 11.6. The van der Waals surface area contributed by atoms with Gasteiger partial charge in [-0.1, -0.05) is 6.42 Å². The van der Waals surface area contributed by atoms with Crippen molar-refractivity contribution in [3.05, 3.63) is 16.8 Å². The molecule has 0 spiro atoms. The van der Waals surface area contributed by atoms with Crippen molar-refractivity contribution in [1.29, 1.82) is 0 Å². The predicted molar refractivity (Wildman–Crippen MR) is 83.6 cm³/mol. The number of aromatic nitrogens is 2. The largest absolute Gasteiger partial charge is 0.383 e. The number of aryl methyl sites for hydroxylation is 2. The first-order valence-corrected chi connectivity index (χ1v) is 8.12. The Kier molecular flexibility index (Phi) is 4.17. The van der Waals surface area contributed by atoms with E-state index in [0.29, 0.717) is 6.61 Å². The maximum absolute atomic E-state index is 5.20. The molecule has 108 valence electrons. The molecule has 0 saturated carbocycles. The molecule has 2 aromatic rings. The summed E-state index contributed by atoms with van der Waals surface area (Å²) in [5.74, 6) is 0.971. The van der Waals surface area contributed by atoms with E-state index in [4.69, 9.17) is 4.74 Å². The van der Waals surface area contributed by atoms with Gasteiger partial charge in [-0.05, 0) is 38.2 Å². The normalized spacial score (nSPS) is 16.7. The van der Waals surface area contributed by atoms with Gasteiger partial charge in [0, 0.05) is 18.0 Å². The molecule has 5 heteroatoms. The first-order valence-electron chi connectivity index (χ1n) is 7.30. The Morgan fingerprint density at radius 1 is 1.30 bits per heavy atom. The molecular weight excluding hydrogens is 270 g/mol. The van der Waals surface area contributed by atoms with Gasteiger partial charge >= 0.3 is 0 Å². The number of hydrogen-bond acceptors (Lipinski definition) is 5. The van der Waals surface area contributed by atoms with E-state index in [9.17, 15) is 0 Å². The van der Waals surface area contributed by atoms with Gasteiger partial charge in [-0.15, -0.1) is 11.3 Å². The zero-order chi connectivity index (χ0) is 13.9. The molecule has 0 unspecified atom stereocenters. The highest BCUT2D eigenvalue weighted by Gasteiger charge is 2.19. The zero-order valence-electron chi connectivity index (χ0n) is 12.1. The predicted octanol–water partition coefficient (Wildman–Crippen LogP) is 3.41. The van der Waals surface area contributed by atoms with Crippen LogP contribution in [0.15, 0.2) is 6.33 Å².